The molecule has 282 valence electrons. The van der Waals surface area contributed by atoms with Crippen LogP contribution in [0.15, 0.2) is 25.3 Å². The molecule has 2 N–H and O–H groups in total. The van der Waals surface area contributed by atoms with E-state index in [2.05, 4.69) is 45.3 Å². The van der Waals surface area contributed by atoms with E-state index in [4.69, 9.17) is 18.3 Å². The molecule has 0 saturated heterocycles. The number of hydrogen-bond acceptors (Lipinski definition) is 9. The highest BCUT2D eigenvalue weighted by Gasteiger charge is 2.71. The molecule has 10 atom stereocenters. The van der Waals surface area contributed by atoms with Crippen molar-refractivity contribution in [2.24, 2.45) is 44.8 Å². The number of ketones is 1. The quantitative estimate of drug-likeness (QED) is 0.291. The summed E-state index contributed by atoms with van der Waals surface area (Å²) in [6.45, 7) is 16.5. The monoisotopic (exact) mass is 710 g/mol. The fourth-order valence-corrected chi connectivity index (χ4v) is 12.0. The summed E-state index contributed by atoms with van der Waals surface area (Å²) in [7, 11) is 1.71. The molecule has 0 radical (unpaired) electrons. The van der Waals surface area contributed by atoms with Crippen molar-refractivity contribution in [2.45, 2.75) is 144 Å². The van der Waals surface area contributed by atoms with Gasteiger partial charge in [0.2, 0.25) is 5.91 Å². The predicted octanol–water partition coefficient (Wildman–Crippen LogP) is 6.80. The topological polar surface area (TPSA) is 154 Å². The van der Waals surface area contributed by atoms with Crippen molar-refractivity contribution in [2.75, 3.05) is 7.05 Å². The third-order valence-corrected chi connectivity index (χ3v) is 15.3. The van der Waals surface area contributed by atoms with Gasteiger partial charge in [0, 0.05) is 31.2 Å². The van der Waals surface area contributed by atoms with Crippen LogP contribution in [-0.2, 0) is 36.9 Å². The molecule has 0 aliphatic heterocycles. The van der Waals surface area contributed by atoms with Gasteiger partial charge in [-0.25, -0.2) is 9.59 Å². The zero-order chi connectivity index (χ0) is 37.4. The van der Waals surface area contributed by atoms with Crippen LogP contribution < -0.4 is 16.5 Å². The van der Waals surface area contributed by atoms with Crippen molar-refractivity contribution in [3.8, 4) is 0 Å². The number of amides is 2. The molecule has 0 spiro atoms. The Morgan fingerprint density at radius 1 is 0.902 bits per heavy atom. The molecule has 1 aromatic rings. The van der Waals surface area contributed by atoms with E-state index in [0.29, 0.717) is 31.4 Å². The number of carbonyl (C=O) groups is 4. The van der Waals surface area contributed by atoms with E-state index >= 15 is 0 Å². The minimum atomic E-state index is -1.05. The van der Waals surface area contributed by atoms with Gasteiger partial charge >= 0.3 is 17.9 Å². The first-order chi connectivity index (χ1) is 23.8. The van der Waals surface area contributed by atoms with Gasteiger partial charge in [-0.2, -0.15) is 0 Å². The van der Waals surface area contributed by atoms with E-state index in [1.165, 1.54) is 5.57 Å². The molecule has 0 aromatic carbocycles. The fraction of sp³-hybridized carbons (Fsp3) is 0.775. The Balaban J connectivity index is 1.35. The maximum absolute atomic E-state index is 14.9. The smallest absolute Gasteiger partial charge is 0.460 e. The Hall–Kier alpha value is -3.37. The van der Waals surface area contributed by atoms with Crippen LogP contribution in [0.4, 0.5) is 4.79 Å². The Bertz CT molecular complexity index is 1690. The second kappa shape index (κ2) is 12.6. The first-order valence-electron chi connectivity index (χ1n) is 19.1. The van der Waals surface area contributed by atoms with Crippen molar-refractivity contribution in [1.82, 2.24) is 10.6 Å². The van der Waals surface area contributed by atoms with Crippen LogP contribution in [0.2, 0.25) is 0 Å². The summed E-state index contributed by atoms with van der Waals surface area (Å²) in [5, 5.41) is 6.02. The number of esters is 1. The van der Waals surface area contributed by atoms with Crippen LogP contribution in [0.3, 0.4) is 0 Å². The van der Waals surface area contributed by atoms with Crippen molar-refractivity contribution in [3.05, 3.63) is 33.8 Å². The zero-order valence-electron chi connectivity index (χ0n) is 32.0. The second-order valence-electron chi connectivity index (χ2n) is 17.8. The van der Waals surface area contributed by atoms with Gasteiger partial charge in [0.1, 0.15) is 6.10 Å². The Morgan fingerprint density at radius 3 is 2.25 bits per heavy atom. The molecule has 4 fully saturated rings. The average Bonchev–Trinajstić information content (AvgIpc) is 3.45. The lowest BCUT2D eigenvalue weighted by Gasteiger charge is -2.70. The highest BCUT2D eigenvalue weighted by Crippen LogP contribution is 2.74. The molecule has 2 amide bonds. The van der Waals surface area contributed by atoms with Crippen LogP contribution >= 0.6 is 0 Å². The van der Waals surface area contributed by atoms with Crippen LogP contribution in [0.25, 0.3) is 0 Å². The van der Waals surface area contributed by atoms with E-state index in [0.717, 1.165) is 38.5 Å². The Morgan fingerprint density at radius 2 is 1.59 bits per heavy atom. The zero-order valence-corrected chi connectivity index (χ0v) is 32.0. The van der Waals surface area contributed by atoms with E-state index in [1.807, 2.05) is 13.0 Å². The van der Waals surface area contributed by atoms with Crippen molar-refractivity contribution in [3.63, 3.8) is 0 Å². The highest BCUT2D eigenvalue weighted by atomic mass is 16.6. The Labute approximate surface area is 301 Å². The summed E-state index contributed by atoms with van der Waals surface area (Å²) < 4.78 is 21.8. The standard InChI is InChI=1S/C40H58N2O9/c1-10-26-27(50-34(47)49-26)22-48-33(46)42-40(8)28-12-15-39(7)31(37(28,5)14-13-29(40)51-30(44)11-2)25(43)20-23-24-21-36(4,32(45)41-9)17-16-35(24,3)18-19-38(23,39)6/h20,24,28-29,31H,10-19,21-22H2,1-9H3,(H,41,45)(H,42,46)/t24-,28+,29-,31+,35+,36-,37-,38+,39+,40-/m0/s1. The molecule has 11 heteroatoms. The minimum absolute atomic E-state index is 0.0322. The lowest BCUT2D eigenvalue weighted by molar-refractivity contribution is -0.200. The molecule has 51 heavy (non-hydrogen) atoms. The highest BCUT2D eigenvalue weighted by molar-refractivity contribution is 5.96. The van der Waals surface area contributed by atoms with Gasteiger partial charge < -0.3 is 28.9 Å². The summed E-state index contributed by atoms with van der Waals surface area (Å²) in [5.74, 6) is -0.925. The van der Waals surface area contributed by atoms with Gasteiger partial charge in [-0.1, -0.05) is 54.0 Å². The number of alkyl carbamates (subject to hydrolysis) is 1. The minimum Gasteiger partial charge on any atom is -0.460 e. The number of ether oxygens (including phenoxy) is 2. The number of fused-ring (bicyclic) bond motifs is 7. The molecule has 5 aliphatic carbocycles. The summed E-state index contributed by atoms with van der Waals surface area (Å²) >= 11 is 0. The molecule has 4 saturated carbocycles. The number of carbonyl (C=O) groups excluding carboxylic acids is 4. The van der Waals surface area contributed by atoms with Gasteiger partial charge in [-0.15, -0.1) is 0 Å². The van der Waals surface area contributed by atoms with Gasteiger partial charge in [0.25, 0.3) is 0 Å². The third kappa shape index (κ3) is 5.61. The van der Waals surface area contributed by atoms with E-state index in [9.17, 15) is 24.0 Å². The Kier molecular flexibility index (Phi) is 9.27. The SMILES string of the molecule is CCC(=O)O[C@H]1CC[C@@]2(C)[C@@H](CC[C@]3(C)[C@@H]2C(=O)C=C2[C@@H]4C[C@@](C)(C(=O)NC)CC[C@]4(C)CC[C@]23C)[C@]1(C)NC(=O)OCc1oc(=O)oc1CC. The van der Waals surface area contributed by atoms with Crippen LogP contribution in [-0.4, -0.2) is 42.4 Å². The number of rotatable bonds is 7. The van der Waals surface area contributed by atoms with Crippen LogP contribution in [0, 0.1) is 44.8 Å². The molecule has 0 bridgehead atoms. The van der Waals surface area contributed by atoms with Crippen molar-refractivity contribution >= 4 is 23.8 Å². The van der Waals surface area contributed by atoms with E-state index in [1.54, 1.807) is 20.9 Å². The summed E-state index contributed by atoms with van der Waals surface area (Å²) in [6.07, 6.45) is 8.37. The molecule has 0 unspecified atom stereocenters. The first-order valence-corrected chi connectivity index (χ1v) is 19.1. The van der Waals surface area contributed by atoms with Crippen LogP contribution in [0.1, 0.15) is 131 Å². The normalized spacial score (nSPS) is 41.5. The first kappa shape index (κ1) is 37.4. The van der Waals surface area contributed by atoms with Gasteiger partial charge in [-0.3, -0.25) is 14.4 Å². The number of nitrogens with one attached hydrogen (secondary N) is 2. The third-order valence-electron chi connectivity index (χ3n) is 15.3. The molecule has 6 rings (SSSR count). The van der Waals surface area contributed by atoms with Gasteiger partial charge in [0.05, 0.1) is 5.54 Å². The second-order valence-corrected chi connectivity index (χ2v) is 17.8. The fourth-order valence-electron chi connectivity index (χ4n) is 12.0. The summed E-state index contributed by atoms with van der Waals surface area (Å²) in [6, 6.07) is 0. The maximum Gasteiger partial charge on any atom is 0.519 e. The van der Waals surface area contributed by atoms with Crippen molar-refractivity contribution in [1.29, 1.82) is 0 Å². The molecule has 1 aromatic heterocycles. The van der Waals surface area contributed by atoms with Crippen LogP contribution in [0.5, 0.6) is 0 Å². The van der Waals surface area contributed by atoms with Gasteiger partial charge in [-0.05, 0) is 104 Å². The van der Waals surface area contributed by atoms with Crippen molar-refractivity contribution < 1.29 is 37.5 Å². The lowest BCUT2D eigenvalue weighted by atomic mass is 9.34. The predicted molar refractivity (Wildman–Crippen MR) is 188 cm³/mol. The largest absolute Gasteiger partial charge is 0.519 e. The number of hydrogen-bond donors (Lipinski definition) is 2. The van der Waals surface area contributed by atoms with E-state index < -0.39 is 34.4 Å². The average molecular weight is 711 g/mol. The number of aryl methyl sites for hydroxylation is 1. The summed E-state index contributed by atoms with van der Waals surface area (Å²) in [4.78, 5) is 66.1. The molecule has 5 aliphatic rings. The maximum atomic E-state index is 14.9. The number of allylic oxidation sites excluding steroid dienone is 2. The lowest BCUT2D eigenvalue weighted by Crippen LogP contribution is -2.72. The molecular weight excluding hydrogens is 652 g/mol. The molecule has 11 nitrogen and oxygen atoms in total. The van der Waals surface area contributed by atoms with Gasteiger partial charge in [0.15, 0.2) is 23.9 Å². The summed E-state index contributed by atoms with van der Waals surface area (Å²) in [5.41, 5.74) is -1.40. The van der Waals surface area contributed by atoms with E-state index in [-0.39, 0.29) is 70.4 Å². The molecule has 1 heterocycles. The molecular formula is C40H58N2O9.